The molecule has 2 rings (SSSR count). The molecule has 4 nitrogen and oxygen atoms in total. The Balaban J connectivity index is 2.02. The predicted octanol–water partition coefficient (Wildman–Crippen LogP) is 1.71. The van der Waals surface area contributed by atoms with E-state index in [0.717, 1.165) is 57.8 Å². The van der Waals surface area contributed by atoms with Gasteiger partial charge in [0, 0.05) is 26.2 Å². The summed E-state index contributed by atoms with van der Waals surface area (Å²) in [4.78, 5) is 14.0. The maximum Gasteiger partial charge on any atom is 0.324 e. The van der Waals surface area contributed by atoms with Crippen molar-refractivity contribution in [1.82, 2.24) is 10.2 Å². The zero-order valence-corrected chi connectivity index (χ0v) is 11.5. The molecule has 1 heterocycles. The topological polar surface area (TPSA) is 52.6 Å². The van der Waals surface area contributed by atoms with Crippen molar-refractivity contribution >= 4 is 5.97 Å². The van der Waals surface area contributed by atoms with E-state index >= 15 is 0 Å². The second-order valence-electron chi connectivity index (χ2n) is 5.81. The molecule has 0 aromatic heterocycles. The average Bonchev–Trinajstić information content (AvgIpc) is 2.41. The van der Waals surface area contributed by atoms with Crippen LogP contribution in [0.15, 0.2) is 0 Å². The Labute approximate surface area is 110 Å². The number of nitrogens with one attached hydrogen (secondary N) is 1. The summed E-state index contributed by atoms with van der Waals surface area (Å²) in [5.41, 5.74) is -0.563. The fourth-order valence-electron chi connectivity index (χ4n) is 3.61. The second kappa shape index (κ2) is 6.02. The minimum absolute atomic E-state index is 0.563. The van der Waals surface area contributed by atoms with Crippen LogP contribution in [0, 0.1) is 5.92 Å². The lowest BCUT2D eigenvalue weighted by molar-refractivity contribution is -0.155. The SMILES string of the molecule is CCCC1CCC(C(=O)O)(N2CCNCC2)CC1. The number of rotatable bonds is 4. The third kappa shape index (κ3) is 2.69. The van der Waals surface area contributed by atoms with Crippen LogP contribution >= 0.6 is 0 Å². The molecule has 1 saturated heterocycles. The first-order valence-corrected chi connectivity index (χ1v) is 7.38. The number of piperazine rings is 1. The quantitative estimate of drug-likeness (QED) is 0.802. The van der Waals surface area contributed by atoms with E-state index in [0.29, 0.717) is 0 Å². The Morgan fingerprint density at radius 2 is 1.94 bits per heavy atom. The van der Waals surface area contributed by atoms with Gasteiger partial charge in [-0.1, -0.05) is 19.8 Å². The smallest absolute Gasteiger partial charge is 0.324 e. The summed E-state index contributed by atoms with van der Waals surface area (Å²) in [6, 6.07) is 0. The number of hydrogen-bond donors (Lipinski definition) is 2. The molecular formula is C14H26N2O2. The highest BCUT2D eigenvalue weighted by Crippen LogP contribution is 2.38. The molecule has 4 heteroatoms. The van der Waals surface area contributed by atoms with Crippen LogP contribution in [-0.2, 0) is 4.79 Å². The van der Waals surface area contributed by atoms with Crippen LogP contribution in [0.25, 0.3) is 0 Å². The maximum atomic E-state index is 11.8. The van der Waals surface area contributed by atoms with Crippen LogP contribution in [0.2, 0.25) is 0 Å². The first-order valence-electron chi connectivity index (χ1n) is 7.38. The molecule has 0 amide bonds. The molecule has 0 aromatic rings. The van der Waals surface area contributed by atoms with Crippen molar-refractivity contribution < 1.29 is 9.90 Å². The molecule has 2 fully saturated rings. The van der Waals surface area contributed by atoms with E-state index in [1.54, 1.807) is 0 Å². The fourth-order valence-corrected chi connectivity index (χ4v) is 3.61. The molecule has 0 spiro atoms. The van der Waals surface area contributed by atoms with Crippen LogP contribution in [0.3, 0.4) is 0 Å². The number of aliphatic carboxylic acids is 1. The summed E-state index contributed by atoms with van der Waals surface area (Å²) < 4.78 is 0. The van der Waals surface area contributed by atoms with Gasteiger partial charge in [0.05, 0.1) is 0 Å². The van der Waals surface area contributed by atoms with Gasteiger partial charge in [-0.25, -0.2) is 0 Å². The molecule has 104 valence electrons. The van der Waals surface area contributed by atoms with Gasteiger partial charge in [0.15, 0.2) is 0 Å². The Hall–Kier alpha value is -0.610. The second-order valence-corrected chi connectivity index (χ2v) is 5.81. The average molecular weight is 254 g/mol. The maximum absolute atomic E-state index is 11.8. The summed E-state index contributed by atoms with van der Waals surface area (Å²) >= 11 is 0. The summed E-state index contributed by atoms with van der Waals surface area (Å²) in [5.74, 6) is 0.157. The third-order valence-electron chi connectivity index (χ3n) is 4.75. The van der Waals surface area contributed by atoms with E-state index < -0.39 is 11.5 Å². The van der Waals surface area contributed by atoms with E-state index in [4.69, 9.17) is 0 Å². The Morgan fingerprint density at radius 3 is 2.44 bits per heavy atom. The number of hydrogen-bond acceptors (Lipinski definition) is 3. The largest absolute Gasteiger partial charge is 0.480 e. The molecule has 2 N–H and O–H groups in total. The molecule has 0 unspecified atom stereocenters. The summed E-state index contributed by atoms with van der Waals surface area (Å²) in [6.45, 7) is 5.83. The molecule has 18 heavy (non-hydrogen) atoms. The Morgan fingerprint density at radius 1 is 1.33 bits per heavy atom. The van der Waals surface area contributed by atoms with Gasteiger partial charge in [0.1, 0.15) is 5.54 Å². The first-order chi connectivity index (χ1) is 8.69. The lowest BCUT2D eigenvalue weighted by Gasteiger charge is -2.46. The van der Waals surface area contributed by atoms with E-state index in [1.807, 2.05) is 0 Å². The van der Waals surface area contributed by atoms with Gasteiger partial charge in [0.25, 0.3) is 0 Å². The normalized spacial score (nSPS) is 34.4. The van der Waals surface area contributed by atoms with Gasteiger partial charge in [-0.2, -0.15) is 0 Å². The molecule has 0 bridgehead atoms. The van der Waals surface area contributed by atoms with Crippen molar-refractivity contribution in [3.8, 4) is 0 Å². The highest BCUT2D eigenvalue weighted by Gasteiger charge is 2.46. The van der Waals surface area contributed by atoms with Gasteiger partial charge in [-0.05, 0) is 31.6 Å². The van der Waals surface area contributed by atoms with Crippen LogP contribution in [0.4, 0.5) is 0 Å². The molecule has 0 aromatic carbocycles. The molecule has 1 aliphatic heterocycles. The van der Waals surface area contributed by atoms with Crippen molar-refractivity contribution in [3.63, 3.8) is 0 Å². The highest BCUT2D eigenvalue weighted by molar-refractivity contribution is 5.79. The van der Waals surface area contributed by atoms with Gasteiger partial charge < -0.3 is 10.4 Å². The minimum Gasteiger partial charge on any atom is -0.480 e. The number of nitrogens with zero attached hydrogens (tertiary/aromatic N) is 1. The van der Waals surface area contributed by atoms with Crippen LogP contribution in [0.5, 0.6) is 0 Å². The highest BCUT2D eigenvalue weighted by atomic mass is 16.4. The summed E-state index contributed by atoms with van der Waals surface area (Å²) in [6.07, 6.45) is 6.34. The van der Waals surface area contributed by atoms with Crippen molar-refractivity contribution in [2.24, 2.45) is 5.92 Å². The van der Waals surface area contributed by atoms with Crippen LogP contribution in [0.1, 0.15) is 45.4 Å². The predicted molar refractivity (Wildman–Crippen MR) is 71.7 cm³/mol. The Bertz CT molecular complexity index is 280. The minimum atomic E-state index is -0.598. The van der Waals surface area contributed by atoms with Gasteiger partial charge in [0.2, 0.25) is 0 Å². The molecule has 2 aliphatic rings. The number of carboxylic acid groups (broad SMARTS) is 1. The van der Waals surface area contributed by atoms with Crippen molar-refractivity contribution in [1.29, 1.82) is 0 Å². The van der Waals surface area contributed by atoms with Crippen molar-refractivity contribution in [2.75, 3.05) is 26.2 Å². The first kappa shape index (κ1) is 13.8. The van der Waals surface area contributed by atoms with Crippen molar-refractivity contribution in [3.05, 3.63) is 0 Å². The standard InChI is InChI=1S/C14H26N2O2/c1-2-3-12-4-6-14(7-5-12,13(17)18)16-10-8-15-9-11-16/h12,15H,2-11H2,1H3,(H,17,18). The van der Waals surface area contributed by atoms with Gasteiger partial charge in [-0.15, -0.1) is 0 Å². The zero-order valence-electron chi connectivity index (χ0n) is 11.5. The van der Waals surface area contributed by atoms with Crippen LogP contribution in [-0.4, -0.2) is 47.7 Å². The van der Waals surface area contributed by atoms with Gasteiger partial charge >= 0.3 is 5.97 Å². The molecule has 0 radical (unpaired) electrons. The van der Waals surface area contributed by atoms with Gasteiger partial charge in [-0.3, -0.25) is 9.69 Å². The lowest BCUT2D eigenvalue weighted by atomic mass is 9.74. The summed E-state index contributed by atoms with van der Waals surface area (Å²) in [5, 5.41) is 13.0. The zero-order chi connectivity index (χ0) is 13.0. The third-order valence-corrected chi connectivity index (χ3v) is 4.75. The Kier molecular flexibility index (Phi) is 4.62. The fraction of sp³-hybridized carbons (Fsp3) is 0.929. The molecule has 0 atom stereocenters. The summed E-state index contributed by atoms with van der Waals surface area (Å²) in [7, 11) is 0. The van der Waals surface area contributed by atoms with E-state index in [-0.39, 0.29) is 0 Å². The molecule has 1 aliphatic carbocycles. The van der Waals surface area contributed by atoms with E-state index in [2.05, 4.69) is 17.1 Å². The monoisotopic (exact) mass is 254 g/mol. The van der Waals surface area contributed by atoms with E-state index in [1.165, 1.54) is 12.8 Å². The van der Waals surface area contributed by atoms with Crippen molar-refractivity contribution in [2.45, 2.75) is 51.0 Å². The lowest BCUT2D eigenvalue weighted by Crippen LogP contribution is -2.61. The molecule has 1 saturated carbocycles. The van der Waals surface area contributed by atoms with E-state index in [9.17, 15) is 9.90 Å². The number of carbonyl (C=O) groups is 1. The van der Waals surface area contributed by atoms with Crippen LogP contribution < -0.4 is 5.32 Å². The molecular weight excluding hydrogens is 228 g/mol. The number of carboxylic acids is 1.